The van der Waals surface area contributed by atoms with Crippen molar-refractivity contribution in [2.45, 2.75) is 0 Å². The first-order valence-corrected chi connectivity index (χ1v) is 5.56. The highest BCUT2D eigenvalue weighted by molar-refractivity contribution is 7.10. The minimum absolute atomic E-state index is 0.117. The number of nitrogens with one attached hydrogen (secondary N) is 2. The zero-order valence-corrected chi connectivity index (χ0v) is 9.99. The summed E-state index contributed by atoms with van der Waals surface area (Å²) in [6.07, 6.45) is 1.13. The quantitative estimate of drug-likeness (QED) is 0.509. The van der Waals surface area contributed by atoms with Crippen LogP contribution in [-0.2, 0) is 0 Å². The molecule has 0 fully saturated rings. The number of benzene rings is 1. The zero-order valence-electron chi connectivity index (χ0n) is 9.18. The summed E-state index contributed by atoms with van der Waals surface area (Å²) in [6, 6.07) is -1.21. The van der Waals surface area contributed by atoms with E-state index in [1.807, 2.05) is 5.32 Å². The lowest BCUT2D eigenvalue weighted by Crippen LogP contribution is -2.21. The highest BCUT2D eigenvalue weighted by Crippen LogP contribution is 2.27. The van der Waals surface area contributed by atoms with Gasteiger partial charge in [-0.15, -0.1) is 5.10 Å². The third kappa shape index (κ3) is 2.52. The molecule has 0 aliphatic heterocycles. The van der Waals surface area contributed by atoms with Crippen molar-refractivity contribution < 1.29 is 26.7 Å². The molecule has 0 aliphatic rings. The Morgan fingerprint density at radius 1 is 0.950 bits per heavy atom. The second-order valence-corrected chi connectivity index (χ2v) is 4.09. The highest BCUT2D eigenvalue weighted by Gasteiger charge is 2.26. The van der Waals surface area contributed by atoms with Crippen molar-refractivity contribution in [1.82, 2.24) is 9.59 Å². The molecule has 0 bridgehead atoms. The van der Waals surface area contributed by atoms with Crippen molar-refractivity contribution in [1.29, 1.82) is 0 Å². The molecule has 0 aliphatic carbocycles. The van der Waals surface area contributed by atoms with Gasteiger partial charge in [-0.1, -0.05) is 4.49 Å². The molecular weight excluding hydrogens is 307 g/mol. The maximum atomic E-state index is 13.3. The van der Waals surface area contributed by atoms with Gasteiger partial charge < -0.3 is 5.32 Å². The van der Waals surface area contributed by atoms with Crippen LogP contribution in [0.2, 0.25) is 0 Å². The standard InChI is InChI=1S/C9H3F5N4OS/c10-3-4(11)6(13)8(7(14)5(3)12)17-9(19)16-2-1-15-18-20-2/h1H,(H2,16,17,19). The van der Waals surface area contributed by atoms with Gasteiger partial charge in [-0.2, -0.15) is 0 Å². The van der Waals surface area contributed by atoms with E-state index in [1.54, 1.807) is 0 Å². The fourth-order valence-electron chi connectivity index (χ4n) is 1.19. The van der Waals surface area contributed by atoms with Crippen LogP contribution < -0.4 is 10.6 Å². The van der Waals surface area contributed by atoms with Crippen molar-refractivity contribution in [3.8, 4) is 0 Å². The molecule has 5 nitrogen and oxygen atoms in total. The third-order valence-corrected chi connectivity index (χ3v) is 2.63. The molecule has 0 unspecified atom stereocenters. The molecule has 1 heterocycles. The average Bonchev–Trinajstić information content (AvgIpc) is 2.92. The number of carbonyl (C=O) groups is 1. The monoisotopic (exact) mass is 310 g/mol. The van der Waals surface area contributed by atoms with E-state index in [2.05, 4.69) is 9.59 Å². The van der Waals surface area contributed by atoms with Gasteiger partial charge in [-0.05, 0) is 0 Å². The Balaban J connectivity index is 2.27. The van der Waals surface area contributed by atoms with E-state index in [9.17, 15) is 26.7 Å². The largest absolute Gasteiger partial charge is 0.324 e. The van der Waals surface area contributed by atoms with E-state index in [0.29, 0.717) is 0 Å². The average molecular weight is 310 g/mol. The van der Waals surface area contributed by atoms with Gasteiger partial charge in [0, 0.05) is 11.5 Å². The maximum absolute atomic E-state index is 13.3. The summed E-state index contributed by atoms with van der Waals surface area (Å²) in [5.41, 5.74) is -1.45. The van der Waals surface area contributed by atoms with Crippen LogP contribution >= 0.6 is 11.5 Å². The SMILES string of the molecule is O=C(Nc1cnns1)Nc1c(F)c(F)c(F)c(F)c1F. The summed E-state index contributed by atoms with van der Waals surface area (Å²) in [4.78, 5) is 11.3. The number of halogens is 5. The van der Waals surface area contributed by atoms with Crippen LogP contribution in [0, 0.1) is 29.1 Å². The fourth-order valence-corrected chi connectivity index (χ4v) is 1.61. The Morgan fingerprint density at radius 3 is 2.00 bits per heavy atom. The van der Waals surface area contributed by atoms with Crippen LogP contribution in [0.3, 0.4) is 0 Å². The number of aromatic nitrogens is 2. The van der Waals surface area contributed by atoms with Gasteiger partial charge in [0.2, 0.25) is 5.82 Å². The van der Waals surface area contributed by atoms with Gasteiger partial charge in [0.15, 0.2) is 23.3 Å². The van der Waals surface area contributed by atoms with Gasteiger partial charge in [-0.25, -0.2) is 26.7 Å². The van der Waals surface area contributed by atoms with Crippen LogP contribution in [0.1, 0.15) is 0 Å². The maximum Gasteiger partial charge on any atom is 0.324 e. The molecule has 11 heteroatoms. The number of amides is 2. The van der Waals surface area contributed by atoms with Gasteiger partial charge in [0.1, 0.15) is 10.7 Å². The molecule has 20 heavy (non-hydrogen) atoms. The van der Waals surface area contributed by atoms with E-state index in [4.69, 9.17) is 0 Å². The molecule has 0 spiro atoms. The Kier molecular flexibility index (Phi) is 3.79. The summed E-state index contributed by atoms with van der Waals surface area (Å²) >= 11 is 0.750. The zero-order chi connectivity index (χ0) is 14.9. The van der Waals surface area contributed by atoms with E-state index >= 15 is 0 Å². The fraction of sp³-hybridized carbons (Fsp3) is 0. The smallest absolute Gasteiger partial charge is 0.302 e. The molecule has 2 amide bonds. The minimum atomic E-state index is -2.31. The molecule has 106 valence electrons. The molecule has 1 aromatic heterocycles. The number of hydrogen-bond donors (Lipinski definition) is 2. The van der Waals surface area contributed by atoms with E-state index in [-0.39, 0.29) is 5.00 Å². The van der Waals surface area contributed by atoms with Crippen molar-refractivity contribution in [3.05, 3.63) is 35.3 Å². The molecule has 0 saturated carbocycles. The number of nitrogens with zero attached hydrogens (tertiary/aromatic N) is 2. The molecule has 2 aromatic rings. The number of rotatable bonds is 2. The second kappa shape index (κ2) is 5.36. The lowest BCUT2D eigenvalue weighted by Gasteiger charge is -2.09. The predicted molar refractivity (Wildman–Crippen MR) is 58.8 cm³/mol. The van der Waals surface area contributed by atoms with Gasteiger partial charge >= 0.3 is 6.03 Å². The molecule has 2 rings (SSSR count). The third-order valence-electron chi connectivity index (χ3n) is 2.05. The molecule has 0 radical (unpaired) electrons. The van der Waals surface area contributed by atoms with Crippen LogP contribution in [0.4, 0.5) is 37.4 Å². The summed E-state index contributed by atoms with van der Waals surface area (Å²) in [7, 11) is 0. The lowest BCUT2D eigenvalue weighted by atomic mass is 10.2. The topological polar surface area (TPSA) is 66.9 Å². The number of urea groups is 1. The van der Waals surface area contributed by atoms with Crippen LogP contribution in [-0.4, -0.2) is 15.6 Å². The first-order chi connectivity index (χ1) is 9.41. The van der Waals surface area contributed by atoms with Crippen LogP contribution in [0.15, 0.2) is 6.20 Å². The Labute approximate surface area is 111 Å². The van der Waals surface area contributed by atoms with Crippen molar-refractivity contribution >= 4 is 28.3 Å². The van der Waals surface area contributed by atoms with Crippen LogP contribution in [0.5, 0.6) is 0 Å². The Hall–Kier alpha value is -2.30. The lowest BCUT2D eigenvalue weighted by molar-refractivity contribution is 0.262. The van der Waals surface area contributed by atoms with E-state index in [1.165, 1.54) is 5.32 Å². The van der Waals surface area contributed by atoms with E-state index in [0.717, 1.165) is 17.7 Å². The second-order valence-electron chi connectivity index (χ2n) is 3.31. The number of carbonyl (C=O) groups excluding carboxylic acids is 1. The van der Waals surface area contributed by atoms with Gasteiger partial charge in [-0.3, -0.25) is 5.32 Å². The molecule has 0 saturated heterocycles. The summed E-state index contributed by atoms with van der Waals surface area (Å²) in [5.74, 6) is -10.9. The molecular formula is C9H3F5N4OS. The molecule has 0 atom stereocenters. The molecule has 2 N–H and O–H groups in total. The predicted octanol–water partition coefficient (Wildman–Crippen LogP) is 2.88. The number of hydrogen-bond acceptors (Lipinski definition) is 4. The van der Waals surface area contributed by atoms with Gasteiger partial charge in [0.05, 0.1) is 6.20 Å². The summed E-state index contributed by atoms with van der Waals surface area (Å²) in [6.45, 7) is 0. The Bertz CT molecular complexity index is 634. The van der Waals surface area contributed by atoms with Crippen LogP contribution in [0.25, 0.3) is 0 Å². The van der Waals surface area contributed by atoms with Crippen molar-refractivity contribution in [2.75, 3.05) is 10.6 Å². The van der Waals surface area contributed by atoms with E-state index < -0.39 is 40.8 Å². The first-order valence-electron chi connectivity index (χ1n) is 4.78. The normalized spacial score (nSPS) is 10.4. The first kappa shape index (κ1) is 14.1. The van der Waals surface area contributed by atoms with Crippen molar-refractivity contribution in [3.63, 3.8) is 0 Å². The molecule has 1 aromatic carbocycles. The summed E-state index contributed by atoms with van der Waals surface area (Å²) < 4.78 is 68.4. The highest BCUT2D eigenvalue weighted by atomic mass is 32.1. The van der Waals surface area contributed by atoms with Crippen molar-refractivity contribution in [2.24, 2.45) is 0 Å². The summed E-state index contributed by atoms with van der Waals surface area (Å²) in [5, 5.41) is 7.06. The Morgan fingerprint density at radius 2 is 1.50 bits per heavy atom. The van der Waals surface area contributed by atoms with Gasteiger partial charge in [0.25, 0.3) is 0 Å². The minimum Gasteiger partial charge on any atom is -0.302 e. The number of anilines is 2.